The molecule has 3 rings (SSSR count). The zero-order valence-corrected chi connectivity index (χ0v) is 15.7. The van der Waals surface area contributed by atoms with Crippen LogP contribution in [0.5, 0.6) is 5.88 Å². The van der Waals surface area contributed by atoms with E-state index in [-0.39, 0.29) is 16.5 Å². The predicted octanol–water partition coefficient (Wildman–Crippen LogP) is 3.83. The van der Waals surface area contributed by atoms with Crippen molar-refractivity contribution in [1.82, 2.24) is 20.1 Å². The Balaban J connectivity index is 1.51. The summed E-state index contributed by atoms with van der Waals surface area (Å²) < 4.78 is 42.8. The van der Waals surface area contributed by atoms with Crippen LogP contribution in [0, 0.1) is 0 Å². The van der Waals surface area contributed by atoms with E-state index in [2.05, 4.69) is 20.1 Å². The second kappa shape index (κ2) is 8.95. The highest BCUT2D eigenvalue weighted by atomic mass is 35.5. The van der Waals surface area contributed by atoms with Crippen molar-refractivity contribution in [2.24, 2.45) is 0 Å². The SMILES string of the molecule is O=C(NCCc1ccc(-n2cccn2)cc1)c1cnc(OCC(F)(F)F)c(Cl)c1. The molecule has 0 aliphatic carbocycles. The summed E-state index contributed by atoms with van der Waals surface area (Å²) in [5.74, 6) is -0.812. The molecule has 0 aliphatic heterocycles. The maximum Gasteiger partial charge on any atom is 0.422 e. The Bertz CT molecular complexity index is 961. The van der Waals surface area contributed by atoms with Gasteiger partial charge < -0.3 is 10.1 Å². The van der Waals surface area contributed by atoms with Gasteiger partial charge >= 0.3 is 6.18 Å². The van der Waals surface area contributed by atoms with Crippen molar-refractivity contribution in [3.05, 3.63) is 71.1 Å². The molecule has 29 heavy (non-hydrogen) atoms. The van der Waals surface area contributed by atoms with E-state index in [9.17, 15) is 18.0 Å². The molecule has 6 nitrogen and oxygen atoms in total. The maximum absolute atomic E-state index is 12.2. The van der Waals surface area contributed by atoms with Crippen LogP contribution in [0.3, 0.4) is 0 Å². The Hall–Kier alpha value is -3.07. The Morgan fingerprint density at radius 1 is 1.24 bits per heavy atom. The molecule has 2 aromatic heterocycles. The molecular weight excluding hydrogens is 409 g/mol. The number of nitrogens with zero attached hydrogens (tertiary/aromatic N) is 3. The van der Waals surface area contributed by atoms with Gasteiger partial charge in [-0.15, -0.1) is 0 Å². The molecule has 0 aliphatic rings. The Morgan fingerprint density at radius 3 is 2.62 bits per heavy atom. The van der Waals surface area contributed by atoms with E-state index < -0.39 is 18.7 Å². The van der Waals surface area contributed by atoms with Crippen LogP contribution in [0.4, 0.5) is 13.2 Å². The standard InChI is InChI=1S/C19H16ClF3N4O2/c20-16-10-14(11-25-18(16)29-12-19(21,22)23)17(28)24-8-6-13-2-4-15(5-3-13)27-9-1-7-26-27/h1-5,7,9-11H,6,8,12H2,(H,24,28). The molecule has 0 radical (unpaired) electrons. The largest absolute Gasteiger partial charge is 0.467 e. The average Bonchev–Trinajstić information content (AvgIpc) is 3.21. The molecule has 0 unspecified atom stereocenters. The molecule has 1 N–H and O–H groups in total. The van der Waals surface area contributed by atoms with Crippen LogP contribution < -0.4 is 10.1 Å². The maximum atomic E-state index is 12.2. The molecular formula is C19H16ClF3N4O2. The topological polar surface area (TPSA) is 69.0 Å². The van der Waals surface area contributed by atoms with Crippen molar-refractivity contribution in [3.8, 4) is 11.6 Å². The van der Waals surface area contributed by atoms with Gasteiger partial charge in [-0.3, -0.25) is 4.79 Å². The van der Waals surface area contributed by atoms with Crippen molar-refractivity contribution in [2.75, 3.05) is 13.2 Å². The third kappa shape index (κ3) is 5.95. The first-order valence-corrected chi connectivity index (χ1v) is 8.92. The van der Waals surface area contributed by atoms with Crippen LogP contribution >= 0.6 is 11.6 Å². The highest BCUT2D eigenvalue weighted by Crippen LogP contribution is 2.25. The first-order chi connectivity index (χ1) is 13.8. The lowest BCUT2D eigenvalue weighted by molar-refractivity contribution is -0.154. The molecule has 1 aromatic carbocycles. The van der Waals surface area contributed by atoms with Gasteiger partial charge in [0.15, 0.2) is 6.61 Å². The Kier molecular flexibility index (Phi) is 6.38. The van der Waals surface area contributed by atoms with Gasteiger partial charge in [0.25, 0.3) is 5.91 Å². The van der Waals surface area contributed by atoms with Crippen LogP contribution in [-0.2, 0) is 6.42 Å². The number of carbonyl (C=O) groups is 1. The number of ether oxygens (including phenoxy) is 1. The van der Waals surface area contributed by atoms with Crippen molar-refractivity contribution in [1.29, 1.82) is 0 Å². The normalized spacial score (nSPS) is 11.3. The van der Waals surface area contributed by atoms with E-state index in [1.54, 1.807) is 10.9 Å². The van der Waals surface area contributed by atoms with Crippen molar-refractivity contribution < 1.29 is 22.7 Å². The van der Waals surface area contributed by atoms with Crippen LogP contribution in [0.1, 0.15) is 15.9 Å². The first-order valence-electron chi connectivity index (χ1n) is 8.54. The summed E-state index contributed by atoms with van der Waals surface area (Å²) in [6.07, 6.45) is 0.746. The zero-order valence-electron chi connectivity index (χ0n) is 15.0. The third-order valence-electron chi connectivity index (χ3n) is 3.85. The minimum Gasteiger partial charge on any atom is -0.467 e. The Labute approximate surface area is 169 Å². The molecule has 0 bridgehead atoms. The molecule has 1 amide bonds. The van der Waals surface area contributed by atoms with Gasteiger partial charge in [0.2, 0.25) is 5.88 Å². The lowest BCUT2D eigenvalue weighted by atomic mass is 10.1. The predicted molar refractivity (Wildman–Crippen MR) is 100 cm³/mol. The summed E-state index contributed by atoms with van der Waals surface area (Å²) >= 11 is 5.85. The molecule has 10 heteroatoms. The van der Waals surface area contributed by atoms with E-state index in [0.717, 1.165) is 17.4 Å². The van der Waals surface area contributed by atoms with Gasteiger partial charge in [-0.05, 0) is 36.2 Å². The summed E-state index contributed by atoms with van der Waals surface area (Å²) in [6.45, 7) is -1.14. The average molecular weight is 425 g/mol. The second-order valence-electron chi connectivity index (χ2n) is 6.04. The summed E-state index contributed by atoms with van der Waals surface area (Å²) in [5, 5.41) is 6.70. The van der Waals surface area contributed by atoms with E-state index in [1.165, 1.54) is 6.07 Å². The quantitative estimate of drug-likeness (QED) is 0.625. The number of amides is 1. The first kappa shape index (κ1) is 20.7. The number of hydrogen-bond donors (Lipinski definition) is 1. The fourth-order valence-corrected chi connectivity index (χ4v) is 2.69. The highest BCUT2D eigenvalue weighted by molar-refractivity contribution is 6.32. The monoisotopic (exact) mass is 424 g/mol. The number of rotatable bonds is 7. The zero-order chi connectivity index (χ0) is 20.9. The van der Waals surface area contributed by atoms with Crippen LogP contribution in [-0.4, -0.2) is 40.0 Å². The minimum absolute atomic E-state index is 0.128. The van der Waals surface area contributed by atoms with Crippen molar-refractivity contribution in [2.45, 2.75) is 12.6 Å². The Morgan fingerprint density at radius 2 is 2.00 bits per heavy atom. The molecule has 2 heterocycles. The van der Waals surface area contributed by atoms with Gasteiger partial charge in [0, 0.05) is 25.1 Å². The summed E-state index contributed by atoms with van der Waals surface area (Å²) in [6, 6.07) is 10.8. The van der Waals surface area contributed by atoms with Crippen LogP contribution in [0.15, 0.2) is 55.0 Å². The number of aromatic nitrogens is 3. The fraction of sp³-hybridized carbons (Fsp3) is 0.211. The molecule has 3 aromatic rings. The molecule has 0 atom stereocenters. The molecule has 0 spiro atoms. The number of nitrogens with one attached hydrogen (secondary N) is 1. The van der Waals surface area contributed by atoms with Gasteiger partial charge in [0.1, 0.15) is 5.02 Å². The number of hydrogen-bond acceptors (Lipinski definition) is 4. The van der Waals surface area contributed by atoms with Crippen molar-refractivity contribution >= 4 is 17.5 Å². The smallest absolute Gasteiger partial charge is 0.422 e. The number of carbonyl (C=O) groups excluding carboxylic acids is 1. The van der Waals surface area contributed by atoms with E-state index >= 15 is 0 Å². The van der Waals surface area contributed by atoms with E-state index in [4.69, 9.17) is 11.6 Å². The number of benzene rings is 1. The van der Waals surface area contributed by atoms with Gasteiger partial charge in [0.05, 0.1) is 11.3 Å². The minimum atomic E-state index is -4.50. The lowest BCUT2D eigenvalue weighted by Gasteiger charge is -2.10. The van der Waals surface area contributed by atoms with Gasteiger partial charge in [-0.1, -0.05) is 23.7 Å². The number of halogens is 4. The highest BCUT2D eigenvalue weighted by Gasteiger charge is 2.29. The molecule has 0 fully saturated rings. The van der Waals surface area contributed by atoms with E-state index in [0.29, 0.717) is 13.0 Å². The second-order valence-corrected chi connectivity index (χ2v) is 6.45. The molecule has 152 valence electrons. The van der Waals surface area contributed by atoms with E-state index in [1.807, 2.05) is 36.5 Å². The van der Waals surface area contributed by atoms with Gasteiger partial charge in [-0.2, -0.15) is 18.3 Å². The summed E-state index contributed by atoms with van der Waals surface area (Å²) in [4.78, 5) is 15.9. The van der Waals surface area contributed by atoms with Crippen molar-refractivity contribution in [3.63, 3.8) is 0 Å². The molecule has 0 saturated carbocycles. The van der Waals surface area contributed by atoms with Crippen LogP contribution in [0.2, 0.25) is 5.02 Å². The fourth-order valence-electron chi connectivity index (χ4n) is 2.47. The number of alkyl halides is 3. The van der Waals surface area contributed by atoms with Gasteiger partial charge in [-0.25, -0.2) is 9.67 Å². The molecule has 0 saturated heterocycles. The number of pyridine rings is 1. The summed E-state index contributed by atoms with van der Waals surface area (Å²) in [7, 11) is 0. The lowest BCUT2D eigenvalue weighted by Crippen LogP contribution is -2.26. The third-order valence-corrected chi connectivity index (χ3v) is 4.12. The van der Waals surface area contributed by atoms with Crippen LogP contribution in [0.25, 0.3) is 5.69 Å². The summed E-state index contributed by atoms with van der Waals surface area (Å²) in [5.41, 5.74) is 2.08.